The first-order chi connectivity index (χ1) is 18.8. The van der Waals surface area contributed by atoms with Gasteiger partial charge in [0.25, 0.3) is 0 Å². The third-order valence-electron chi connectivity index (χ3n) is 8.74. The third kappa shape index (κ3) is 11.5. The van der Waals surface area contributed by atoms with Crippen LogP contribution in [0.2, 0.25) is 0 Å². The van der Waals surface area contributed by atoms with Crippen molar-refractivity contribution in [3.8, 4) is 0 Å². The molecule has 1 unspecified atom stereocenters. The topological polar surface area (TPSA) is 0 Å². The zero-order chi connectivity index (χ0) is 29.8. The lowest BCUT2D eigenvalue weighted by molar-refractivity contribution is 0.288. The van der Waals surface area contributed by atoms with Crippen molar-refractivity contribution in [2.45, 2.75) is 114 Å². The molecule has 0 aliphatic heterocycles. The largest absolute Gasteiger partial charge is 0.0805 e. The molecule has 0 heterocycles. The molecule has 2 aliphatic rings. The van der Waals surface area contributed by atoms with Crippen molar-refractivity contribution in [1.29, 1.82) is 0 Å². The van der Waals surface area contributed by atoms with Gasteiger partial charge in [-0.3, -0.25) is 0 Å². The number of allylic oxidation sites excluding steroid dienone is 20. The van der Waals surface area contributed by atoms with Crippen LogP contribution in [-0.4, -0.2) is 0 Å². The van der Waals surface area contributed by atoms with Gasteiger partial charge in [0.05, 0.1) is 0 Å². The fourth-order valence-electron chi connectivity index (χ4n) is 6.16. The van der Waals surface area contributed by atoms with Crippen molar-refractivity contribution in [2.24, 2.45) is 16.7 Å². The molecule has 0 N–H and O–H groups in total. The van der Waals surface area contributed by atoms with Crippen LogP contribution in [0.4, 0.5) is 0 Å². The zero-order valence-electron chi connectivity index (χ0n) is 27.5. The summed E-state index contributed by atoms with van der Waals surface area (Å²) in [6.45, 7) is 23.0. The summed E-state index contributed by atoms with van der Waals surface area (Å²) in [5.41, 5.74) is 10.6. The summed E-state index contributed by atoms with van der Waals surface area (Å²) in [6, 6.07) is 0. The van der Waals surface area contributed by atoms with E-state index in [-0.39, 0.29) is 0 Å². The maximum absolute atomic E-state index is 2.50. The molecule has 0 amide bonds. The zero-order valence-corrected chi connectivity index (χ0v) is 27.5. The first-order valence-corrected chi connectivity index (χ1v) is 15.6. The summed E-state index contributed by atoms with van der Waals surface area (Å²) in [5, 5.41) is 0. The molecule has 1 atom stereocenters. The molecule has 0 aromatic heterocycles. The average Bonchev–Trinajstić information content (AvgIpc) is 2.85. The fourth-order valence-corrected chi connectivity index (χ4v) is 6.16. The van der Waals surface area contributed by atoms with Gasteiger partial charge in [-0.15, -0.1) is 0 Å². The molecule has 0 radical (unpaired) electrons. The van der Waals surface area contributed by atoms with Crippen LogP contribution < -0.4 is 0 Å². The minimum Gasteiger partial charge on any atom is -0.0805 e. The normalized spacial score (nSPS) is 24.6. The van der Waals surface area contributed by atoms with Gasteiger partial charge in [0.1, 0.15) is 0 Å². The van der Waals surface area contributed by atoms with Crippen LogP contribution in [0, 0.1) is 16.7 Å². The molecule has 40 heavy (non-hydrogen) atoms. The van der Waals surface area contributed by atoms with E-state index in [9.17, 15) is 0 Å². The Bertz CT molecular complexity index is 1150. The van der Waals surface area contributed by atoms with Gasteiger partial charge in [-0.1, -0.05) is 153 Å². The molecule has 0 aromatic rings. The molecule has 0 spiro atoms. The Morgan fingerprint density at radius 2 is 1.27 bits per heavy atom. The SMILES string of the molecule is CC1=C(/C=C/C(C)=C/C=C/C(C)=C/C=C/C=C(C)/C=C/C=C(\C)C/C=C2/C(C)CCCC2(C)C)C(C)(C)CCC1. The Labute approximate surface area is 248 Å². The van der Waals surface area contributed by atoms with Gasteiger partial charge in [-0.25, -0.2) is 0 Å². The quantitative estimate of drug-likeness (QED) is 0.192. The number of hydrogen-bond acceptors (Lipinski definition) is 0. The smallest absolute Gasteiger partial charge is 0.0104 e. The number of hydrogen-bond donors (Lipinski definition) is 0. The molecule has 0 nitrogen and oxygen atoms in total. The van der Waals surface area contributed by atoms with Crippen LogP contribution >= 0.6 is 0 Å². The highest BCUT2D eigenvalue weighted by atomic mass is 14.4. The van der Waals surface area contributed by atoms with Crippen LogP contribution in [0.25, 0.3) is 0 Å². The standard InChI is InChI=1S/C40H58/c1-31(19-13-21-33(3)25-27-37-35(5)23-15-29-39(37,7)8)17-11-12-18-32(2)20-14-22-34(4)26-28-38-36(6)24-16-30-40(38,9)10/h11-14,17-22,25,27-28,36H,15-16,23-24,26,29-30H2,1-10H3/b12-11+,19-13+,20-14+,27-25+,31-17+,32-18+,33-21+,34-22+,38-28-. The first kappa shape index (κ1) is 33.6. The fraction of sp³-hybridized carbons (Fsp3) is 0.500. The third-order valence-corrected chi connectivity index (χ3v) is 8.74. The maximum Gasteiger partial charge on any atom is -0.0104 e. The summed E-state index contributed by atoms with van der Waals surface area (Å²) in [5.74, 6) is 0.723. The minimum atomic E-state index is 0.293. The first-order valence-electron chi connectivity index (χ1n) is 15.6. The predicted octanol–water partition coefficient (Wildman–Crippen LogP) is 12.7. The molecular weight excluding hydrogens is 480 g/mol. The van der Waals surface area contributed by atoms with Crippen molar-refractivity contribution >= 4 is 0 Å². The second kappa shape index (κ2) is 16.0. The summed E-state index contributed by atoms with van der Waals surface area (Å²) < 4.78 is 0. The predicted molar refractivity (Wildman–Crippen MR) is 181 cm³/mol. The van der Waals surface area contributed by atoms with E-state index in [1.165, 1.54) is 66.4 Å². The van der Waals surface area contributed by atoms with Crippen molar-refractivity contribution in [2.75, 3.05) is 0 Å². The van der Waals surface area contributed by atoms with Gasteiger partial charge in [-0.2, -0.15) is 0 Å². The summed E-state index contributed by atoms with van der Waals surface area (Å²) >= 11 is 0. The molecule has 1 saturated carbocycles. The summed E-state index contributed by atoms with van der Waals surface area (Å²) in [4.78, 5) is 0. The number of rotatable bonds is 10. The molecule has 0 aromatic carbocycles. The van der Waals surface area contributed by atoms with Crippen molar-refractivity contribution < 1.29 is 0 Å². The average molecular weight is 539 g/mol. The Kier molecular flexibility index (Phi) is 13.4. The Morgan fingerprint density at radius 3 is 1.88 bits per heavy atom. The highest BCUT2D eigenvalue weighted by Gasteiger charge is 2.30. The van der Waals surface area contributed by atoms with Gasteiger partial charge in [0.15, 0.2) is 0 Å². The van der Waals surface area contributed by atoms with Gasteiger partial charge in [0, 0.05) is 0 Å². The van der Waals surface area contributed by atoms with Crippen LogP contribution in [0.1, 0.15) is 114 Å². The Balaban J connectivity index is 1.86. The van der Waals surface area contributed by atoms with Crippen LogP contribution in [0.3, 0.4) is 0 Å². The molecule has 0 bridgehead atoms. The molecule has 0 heteroatoms. The lowest BCUT2D eigenvalue weighted by Gasteiger charge is -2.37. The van der Waals surface area contributed by atoms with Crippen LogP contribution in [0.5, 0.6) is 0 Å². The molecular formula is C40H58. The van der Waals surface area contributed by atoms with E-state index in [0.717, 1.165) is 12.3 Å². The van der Waals surface area contributed by atoms with E-state index in [1.807, 2.05) is 0 Å². The van der Waals surface area contributed by atoms with Gasteiger partial charge in [-0.05, 0) is 95.5 Å². The van der Waals surface area contributed by atoms with Gasteiger partial charge >= 0.3 is 0 Å². The van der Waals surface area contributed by atoms with Crippen molar-refractivity contribution in [3.63, 3.8) is 0 Å². The monoisotopic (exact) mass is 538 g/mol. The Morgan fingerprint density at radius 1 is 0.725 bits per heavy atom. The van der Waals surface area contributed by atoms with Crippen LogP contribution in [0.15, 0.2) is 118 Å². The van der Waals surface area contributed by atoms with E-state index in [0.29, 0.717) is 10.8 Å². The van der Waals surface area contributed by atoms with E-state index in [2.05, 4.69) is 148 Å². The van der Waals surface area contributed by atoms with Gasteiger partial charge < -0.3 is 0 Å². The highest BCUT2D eigenvalue weighted by Crippen LogP contribution is 2.43. The summed E-state index contributed by atoms with van der Waals surface area (Å²) in [6.07, 6.45) is 37.7. The molecule has 2 rings (SSSR count). The summed E-state index contributed by atoms with van der Waals surface area (Å²) in [7, 11) is 0. The second-order valence-electron chi connectivity index (χ2n) is 13.7. The van der Waals surface area contributed by atoms with Gasteiger partial charge in [0.2, 0.25) is 0 Å². The lowest BCUT2D eigenvalue weighted by Crippen LogP contribution is -2.24. The van der Waals surface area contributed by atoms with E-state index in [1.54, 1.807) is 11.1 Å². The van der Waals surface area contributed by atoms with E-state index >= 15 is 0 Å². The molecule has 218 valence electrons. The van der Waals surface area contributed by atoms with Crippen molar-refractivity contribution in [3.05, 3.63) is 118 Å². The molecule has 2 aliphatic carbocycles. The molecule has 1 fully saturated rings. The van der Waals surface area contributed by atoms with E-state index in [4.69, 9.17) is 0 Å². The lowest BCUT2D eigenvalue weighted by atomic mass is 9.68. The Hall–Kier alpha value is -2.60. The molecule has 0 saturated heterocycles. The van der Waals surface area contributed by atoms with E-state index < -0.39 is 0 Å². The highest BCUT2D eigenvalue weighted by molar-refractivity contribution is 5.37. The minimum absolute atomic E-state index is 0.293. The maximum atomic E-state index is 2.50. The van der Waals surface area contributed by atoms with Crippen molar-refractivity contribution in [1.82, 2.24) is 0 Å². The second-order valence-corrected chi connectivity index (χ2v) is 13.7. The van der Waals surface area contributed by atoms with Crippen LogP contribution in [-0.2, 0) is 0 Å².